The maximum Gasteiger partial charge on any atom is 0.232 e. The van der Waals surface area contributed by atoms with Crippen LogP contribution in [-0.4, -0.2) is 27.1 Å². The first-order valence-electron chi connectivity index (χ1n) is 7.65. The number of hydrogen-bond acceptors (Lipinski definition) is 3. The van der Waals surface area contributed by atoms with Crippen molar-refractivity contribution in [3.05, 3.63) is 57.5 Å². The van der Waals surface area contributed by atoms with E-state index in [0.717, 1.165) is 6.26 Å². The fourth-order valence-corrected chi connectivity index (χ4v) is 3.80. The molecule has 1 N–H and O–H groups in total. The van der Waals surface area contributed by atoms with E-state index in [0.29, 0.717) is 27.8 Å². The minimum Gasteiger partial charge on any atom is -0.325 e. The molecule has 0 radical (unpaired) electrons. The van der Waals surface area contributed by atoms with Gasteiger partial charge in [-0.25, -0.2) is 8.42 Å². The Balaban J connectivity index is 1.99. The number of nitrogens with zero attached hydrogens (tertiary/aromatic N) is 1. The van der Waals surface area contributed by atoms with Gasteiger partial charge in [0.05, 0.1) is 27.7 Å². The molecule has 26 heavy (non-hydrogen) atoms. The summed E-state index contributed by atoms with van der Waals surface area (Å²) in [7, 11) is -3.50. The molecule has 0 aliphatic carbocycles. The molecular weight excluding hydrogens is 419 g/mol. The third-order valence-electron chi connectivity index (χ3n) is 3.49. The monoisotopic (exact) mass is 434 g/mol. The Kier molecular flexibility index (Phi) is 7.17. The molecule has 0 aromatic heterocycles. The normalized spacial score (nSPS) is 11.2. The zero-order chi connectivity index (χ0) is 19.3. The van der Waals surface area contributed by atoms with Crippen LogP contribution < -0.4 is 9.62 Å². The molecule has 0 saturated carbocycles. The van der Waals surface area contributed by atoms with Crippen LogP contribution in [0.1, 0.15) is 12.8 Å². The zero-order valence-corrected chi connectivity index (χ0v) is 17.0. The van der Waals surface area contributed by atoms with Gasteiger partial charge in [0, 0.05) is 18.0 Å². The molecule has 2 aromatic rings. The molecule has 0 spiro atoms. The number of hydrogen-bond donors (Lipinski definition) is 1. The number of sulfonamides is 1. The predicted molar refractivity (Wildman–Crippen MR) is 108 cm³/mol. The molecule has 0 aliphatic rings. The van der Waals surface area contributed by atoms with E-state index >= 15 is 0 Å². The number of amides is 1. The highest BCUT2D eigenvalue weighted by Gasteiger charge is 2.18. The lowest BCUT2D eigenvalue weighted by molar-refractivity contribution is -0.116. The van der Waals surface area contributed by atoms with Crippen molar-refractivity contribution in [3.63, 3.8) is 0 Å². The SMILES string of the molecule is CS(=O)(=O)N(CCCC(=O)Nc1cccc(Cl)c1Cl)c1cccc(Cl)c1. The molecule has 0 aliphatic heterocycles. The maximum absolute atomic E-state index is 12.1. The summed E-state index contributed by atoms with van der Waals surface area (Å²) < 4.78 is 25.3. The van der Waals surface area contributed by atoms with Gasteiger partial charge in [-0.2, -0.15) is 0 Å². The highest BCUT2D eigenvalue weighted by Crippen LogP contribution is 2.29. The summed E-state index contributed by atoms with van der Waals surface area (Å²) in [6.07, 6.45) is 1.55. The highest BCUT2D eigenvalue weighted by molar-refractivity contribution is 7.92. The van der Waals surface area contributed by atoms with Crippen LogP contribution in [0.2, 0.25) is 15.1 Å². The molecule has 2 aromatic carbocycles. The van der Waals surface area contributed by atoms with E-state index in [4.69, 9.17) is 34.8 Å². The number of carbonyl (C=O) groups is 1. The predicted octanol–water partition coefficient (Wildman–Crippen LogP) is 4.83. The quantitative estimate of drug-likeness (QED) is 0.677. The molecule has 140 valence electrons. The van der Waals surface area contributed by atoms with Crippen LogP contribution in [0.5, 0.6) is 0 Å². The summed E-state index contributed by atoms with van der Waals surface area (Å²) in [5.41, 5.74) is 0.872. The number of halogens is 3. The lowest BCUT2D eigenvalue weighted by Gasteiger charge is -2.22. The van der Waals surface area contributed by atoms with E-state index in [2.05, 4.69) is 5.32 Å². The van der Waals surface area contributed by atoms with Crippen LogP contribution >= 0.6 is 34.8 Å². The average molecular weight is 436 g/mol. The third-order valence-corrected chi connectivity index (χ3v) is 5.74. The number of benzene rings is 2. The van der Waals surface area contributed by atoms with Crippen molar-refractivity contribution in [2.75, 3.05) is 22.4 Å². The largest absolute Gasteiger partial charge is 0.325 e. The fourth-order valence-electron chi connectivity index (χ4n) is 2.31. The summed E-state index contributed by atoms with van der Waals surface area (Å²) in [6.45, 7) is 0.149. The van der Waals surface area contributed by atoms with Gasteiger partial charge in [0.25, 0.3) is 0 Å². The lowest BCUT2D eigenvalue weighted by Crippen LogP contribution is -2.31. The molecule has 0 heterocycles. The summed E-state index contributed by atoms with van der Waals surface area (Å²) in [6, 6.07) is 11.5. The molecule has 9 heteroatoms. The first-order valence-corrected chi connectivity index (χ1v) is 10.6. The van der Waals surface area contributed by atoms with E-state index < -0.39 is 10.0 Å². The minimum absolute atomic E-state index is 0.120. The van der Waals surface area contributed by atoms with Crippen molar-refractivity contribution in [2.24, 2.45) is 0 Å². The van der Waals surface area contributed by atoms with Gasteiger partial charge in [-0.05, 0) is 36.8 Å². The van der Waals surface area contributed by atoms with Crippen LogP contribution in [0.25, 0.3) is 0 Å². The number of carbonyl (C=O) groups excluding carboxylic acids is 1. The molecule has 0 saturated heterocycles. The van der Waals surface area contributed by atoms with E-state index in [1.807, 2.05) is 0 Å². The van der Waals surface area contributed by atoms with Crippen molar-refractivity contribution in [1.29, 1.82) is 0 Å². The first-order chi connectivity index (χ1) is 12.2. The molecule has 2 rings (SSSR count). The van der Waals surface area contributed by atoms with Gasteiger partial charge in [-0.3, -0.25) is 9.10 Å². The second kappa shape index (κ2) is 8.95. The van der Waals surface area contributed by atoms with Crippen LogP contribution in [0.15, 0.2) is 42.5 Å². The van der Waals surface area contributed by atoms with Gasteiger partial charge in [0.2, 0.25) is 15.9 Å². The Bertz CT molecular complexity index is 904. The Morgan fingerprint density at radius 2 is 1.81 bits per heavy atom. The van der Waals surface area contributed by atoms with Crippen LogP contribution in [0.4, 0.5) is 11.4 Å². The molecule has 0 atom stereocenters. The van der Waals surface area contributed by atoms with Gasteiger partial charge in [-0.15, -0.1) is 0 Å². The van der Waals surface area contributed by atoms with Crippen molar-refractivity contribution in [2.45, 2.75) is 12.8 Å². The number of rotatable bonds is 7. The smallest absolute Gasteiger partial charge is 0.232 e. The topological polar surface area (TPSA) is 66.5 Å². The Morgan fingerprint density at radius 3 is 2.46 bits per heavy atom. The van der Waals surface area contributed by atoms with Crippen LogP contribution in [0.3, 0.4) is 0 Å². The molecular formula is C17H17Cl3N2O3S. The number of anilines is 2. The van der Waals surface area contributed by atoms with Gasteiger partial charge in [0.15, 0.2) is 0 Å². The lowest BCUT2D eigenvalue weighted by atomic mass is 10.2. The Labute approximate surface area is 167 Å². The van der Waals surface area contributed by atoms with Crippen LogP contribution in [0, 0.1) is 0 Å². The minimum atomic E-state index is -3.50. The van der Waals surface area contributed by atoms with E-state index in [9.17, 15) is 13.2 Å². The van der Waals surface area contributed by atoms with E-state index in [1.54, 1.807) is 42.5 Å². The van der Waals surface area contributed by atoms with Crippen molar-refractivity contribution >= 4 is 62.1 Å². The van der Waals surface area contributed by atoms with Gasteiger partial charge < -0.3 is 5.32 Å². The Morgan fingerprint density at radius 1 is 1.12 bits per heavy atom. The number of nitrogens with one attached hydrogen (secondary N) is 1. The molecule has 0 unspecified atom stereocenters. The summed E-state index contributed by atoms with van der Waals surface area (Å²) in [4.78, 5) is 12.1. The van der Waals surface area contributed by atoms with Crippen molar-refractivity contribution in [1.82, 2.24) is 0 Å². The maximum atomic E-state index is 12.1. The van der Waals surface area contributed by atoms with Gasteiger partial charge >= 0.3 is 0 Å². The molecule has 0 bridgehead atoms. The average Bonchev–Trinajstić information content (AvgIpc) is 2.54. The van der Waals surface area contributed by atoms with E-state index in [1.165, 1.54) is 4.31 Å². The van der Waals surface area contributed by atoms with Gasteiger partial charge in [-0.1, -0.05) is 46.9 Å². The second-order valence-corrected chi connectivity index (χ2v) is 8.70. The summed E-state index contributed by atoms with van der Waals surface area (Å²) in [5.74, 6) is -0.284. The molecule has 0 fully saturated rings. The highest BCUT2D eigenvalue weighted by atomic mass is 35.5. The molecule has 1 amide bonds. The van der Waals surface area contributed by atoms with Crippen molar-refractivity contribution < 1.29 is 13.2 Å². The third kappa shape index (κ3) is 5.77. The zero-order valence-electron chi connectivity index (χ0n) is 13.9. The second-order valence-electron chi connectivity index (χ2n) is 5.57. The van der Waals surface area contributed by atoms with Gasteiger partial charge in [0.1, 0.15) is 0 Å². The summed E-state index contributed by atoms with van der Waals surface area (Å²) in [5, 5.41) is 3.71. The van der Waals surface area contributed by atoms with Crippen molar-refractivity contribution in [3.8, 4) is 0 Å². The first kappa shape index (κ1) is 20.8. The summed E-state index contributed by atoms with van der Waals surface area (Å²) >= 11 is 17.9. The Hall–Kier alpha value is -1.47. The standard InChI is InChI=1S/C17H17Cl3N2O3S/c1-26(24,25)22(13-6-2-5-12(18)11-13)10-4-9-16(23)21-15-8-3-7-14(19)17(15)20/h2-3,5-8,11H,4,9-10H2,1H3,(H,21,23). The fraction of sp³-hybridized carbons (Fsp3) is 0.235. The van der Waals surface area contributed by atoms with E-state index in [-0.39, 0.29) is 23.9 Å². The molecule has 5 nitrogen and oxygen atoms in total. The van der Waals surface area contributed by atoms with Crippen LogP contribution in [-0.2, 0) is 14.8 Å².